The second-order valence-corrected chi connectivity index (χ2v) is 7.43. The van der Waals surface area contributed by atoms with Gasteiger partial charge in [-0.2, -0.15) is 0 Å². The van der Waals surface area contributed by atoms with E-state index in [2.05, 4.69) is 5.32 Å². The van der Waals surface area contributed by atoms with E-state index in [1.807, 2.05) is 20.8 Å². The molecule has 2 aromatic rings. The molecule has 1 aliphatic heterocycles. The molecule has 3 amide bonds. The third-order valence-corrected chi connectivity index (χ3v) is 4.98. The molecule has 30 heavy (non-hydrogen) atoms. The lowest BCUT2D eigenvalue weighted by Gasteiger charge is -2.36. The summed E-state index contributed by atoms with van der Waals surface area (Å²) in [5.41, 5.74) is 2.06. The van der Waals surface area contributed by atoms with Crippen LogP contribution < -0.4 is 10.1 Å². The van der Waals surface area contributed by atoms with Crippen molar-refractivity contribution in [1.29, 1.82) is 0 Å². The van der Waals surface area contributed by atoms with Gasteiger partial charge in [0.15, 0.2) is 0 Å². The maximum atomic E-state index is 12.5. The molecule has 7 nitrogen and oxygen atoms in total. The summed E-state index contributed by atoms with van der Waals surface area (Å²) in [5, 5.41) is 2.85. The lowest BCUT2D eigenvalue weighted by atomic mass is 10.1. The quantitative estimate of drug-likeness (QED) is 0.713. The van der Waals surface area contributed by atoms with Crippen LogP contribution in [0.4, 0.5) is 5.69 Å². The van der Waals surface area contributed by atoms with E-state index in [9.17, 15) is 14.4 Å². The van der Waals surface area contributed by atoms with E-state index < -0.39 is 11.8 Å². The van der Waals surface area contributed by atoms with E-state index in [1.54, 1.807) is 58.3 Å². The van der Waals surface area contributed by atoms with Crippen LogP contribution in [-0.4, -0.2) is 53.3 Å². The van der Waals surface area contributed by atoms with Crippen molar-refractivity contribution in [3.63, 3.8) is 0 Å². The van der Waals surface area contributed by atoms with Gasteiger partial charge in [-0.1, -0.05) is 12.1 Å². The van der Waals surface area contributed by atoms with Crippen molar-refractivity contribution in [3.05, 3.63) is 59.7 Å². The predicted octanol–water partition coefficient (Wildman–Crippen LogP) is 2.92. The van der Waals surface area contributed by atoms with Gasteiger partial charge in [0, 0.05) is 36.9 Å². The fourth-order valence-electron chi connectivity index (χ4n) is 3.32. The number of carbonyl (C=O) groups excluding carboxylic acids is 3. The lowest BCUT2D eigenvalue weighted by molar-refractivity contribution is -0.157. The van der Waals surface area contributed by atoms with Gasteiger partial charge in [-0.15, -0.1) is 0 Å². The standard InChI is InChI=1S/C23H27N3O4/c1-4-30-20-11-9-19(10-12-20)24-21(27)18-7-5-17(6-8-18)15-25-13-14-26(16(2)3)23(29)22(25)28/h5-12,16H,4,13-15H2,1-3H3,(H,24,27). The highest BCUT2D eigenvalue weighted by Gasteiger charge is 2.33. The Morgan fingerprint density at radius 2 is 1.67 bits per heavy atom. The topological polar surface area (TPSA) is 79.0 Å². The minimum atomic E-state index is -0.479. The van der Waals surface area contributed by atoms with Gasteiger partial charge in [-0.25, -0.2) is 0 Å². The highest BCUT2D eigenvalue weighted by atomic mass is 16.5. The third kappa shape index (κ3) is 4.97. The number of hydrogen-bond donors (Lipinski definition) is 1. The molecule has 0 aromatic heterocycles. The Bertz CT molecular complexity index is 907. The molecule has 7 heteroatoms. The summed E-state index contributed by atoms with van der Waals surface area (Å²) < 4.78 is 5.39. The molecule has 0 bridgehead atoms. The van der Waals surface area contributed by atoms with Crippen molar-refractivity contribution in [2.45, 2.75) is 33.4 Å². The first-order chi connectivity index (χ1) is 14.4. The van der Waals surface area contributed by atoms with Crippen LogP contribution in [0.5, 0.6) is 5.75 Å². The number of ether oxygens (including phenoxy) is 1. The number of benzene rings is 2. The van der Waals surface area contributed by atoms with Gasteiger partial charge in [0.2, 0.25) is 0 Å². The van der Waals surface area contributed by atoms with E-state index >= 15 is 0 Å². The van der Waals surface area contributed by atoms with Gasteiger partial charge in [-0.3, -0.25) is 14.4 Å². The summed E-state index contributed by atoms with van der Waals surface area (Å²) in [6.07, 6.45) is 0. The number of rotatable bonds is 7. The SMILES string of the molecule is CCOc1ccc(NC(=O)c2ccc(CN3CCN(C(C)C)C(=O)C3=O)cc2)cc1. The third-order valence-electron chi connectivity index (χ3n) is 4.98. The Morgan fingerprint density at radius 3 is 2.27 bits per heavy atom. The number of nitrogens with zero attached hydrogens (tertiary/aromatic N) is 2. The Balaban J connectivity index is 1.59. The van der Waals surface area contributed by atoms with Gasteiger partial charge < -0.3 is 19.9 Å². The molecule has 0 unspecified atom stereocenters. The minimum absolute atomic E-state index is 0.0109. The number of carbonyl (C=O) groups is 3. The van der Waals surface area contributed by atoms with E-state index in [4.69, 9.17) is 4.74 Å². The molecule has 0 radical (unpaired) electrons. The Kier molecular flexibility index (Phi) is 6.72. The second-order valence-electron chi connectivity index (χ2n) is 7.43. The molecule has 1 fully saturated rings. The summed E-state index contributed by atoms with van der Waals surface area (Å²) in [4.78, 5) is 40.2. The number of anilines is 1. The maximum absolute atomic E-state index is 12.5. The molecule has 1 heterocycles. The Morgan fingerprint density at radius 1 is 1.00 bits per heavy atom. The first-order valence-electron chi connectivity index (χ1n) is 10.1. The minimum Gasteiger partial charge on any atom is -0.494 e. The monoisotopic (exact) mass is 409 g/mol. The zero-order valence-electron chi connectivity index (χ0n) is 17.6. The lowest BCUT2D eigenvalue weighted by Crippen LogP contribution is -2.55. The van der Waals surface area contributed by atoms with Crippen molar-refractivity contribution >= 4 is 23.4 Å². The predicted molar refractivity (Wildman–Crippen MR) is 114 cm³/mol. The smallest absolute Gasteiger partial charge is 0.312 e. The van der Waals surface area contributed by atoms with Crippen LogP contribution in [0.1, 0.15) is 36.7 Å². The van der Waals surface area contributed by atoms with Crippen LogP contribution in [0, 0.1) is 0 Å². The number of nitrogens with one attached hydrogen (secondary N) is 1. The van der Waals surface area contributed by atoms with Crippen molar-refractivity contribution in [2.24, 2.45) is 0 Å². The van der Waals surface area contributed by atoms with Crippen LogP contribution in [0.2, 0.25) is 0 Å². The van der Waals surface area contributed by atoms with E-state index in [0.717, 1.165) is 11.3 Å². The number of hydrogen-bond acceptors (Lipinski definition) is 4. The molecule has 0 aliphatic carbocycles. The molecular weight excluding hydrogens is 382 g/mol. The second kappa shape index (κ2) is 9.43. The zero-order chi connectivity index (χ0) is 21.7. The molecule has 0 spiro atoms. The van der Waals surface area contributed by atoms with Gasteiger partial charge in [0.05, 0.1) is 6.61 Å². The van der Waals surface area contributed by atoms with Crippen LogP contribution in [0.15, 0.2) is 48.5 Å². The number of piperazine rings is 1. The Hall–Kier alpha value is -3.35. The summed E-state index contributed by atoms with van der Waals surface area (Å²) >= 11 is 0. The molecule has 1 aliphatic rings. The Labute approximate surface area is 176 Å². The molecule has 2 aromatic carbocycles. The first-order valence-corrected chi connectivity index (χ1v) is 10.1. The number of amides is 3. The van der Waals surface area contributed by atoms with Gasteiger partial charge in [0.1, 0.15) is 5.75 Å². The van der Waals surface area contributed by atoms with Gasteiger partial charge in [-0.05, 0) is 62.7 Å². The van der Waals surface area contributed by atoms with E-state index in [-0.39, 0.29) is 11.9 Å². The molecule has 0 atom stereocenters. The molecule has 158 valence electrons. The van der Waals surface area contributed by atoms with E-state index in [0.29, 0.717) is 37.5 Å². The van der Waals surface area contributed by atoms with Crippen LogP contribution in [0.25, 0.3) is 0 Å². The van der Waals surface area contributed by atoms with Crippen molar-refractivity contribution in [1.82, 2.24) is 9.80 Å². The van der Waals surface area contributed by atoms with Crippen molar-refractivity contribution < 1.29 is 19.1 Å². The molecular formula is C23H27N3O4. The van der Waals surface area contributed by atoms with Crippen molar-refractivity contribution in [3.8, 4) is 5.75 Å². The van der Waals surface area contributed by atoms with Crippen LogP contribution in [-0.2, 0) is 16.1 Å². The average Bonchev–Trinajstić information content (AvgIpc) is 2.73. The highest BCUT2D eigenvalue weighted by Crippen LogP contribution is 2.17. The molecule has 1 saturated heterocycles. The summed E-state index contributed by atoms with van der Waals surface area (Å²) in [6.45, 7) is 7.69. The van der Waals surface area contributed by atoms with Crippen LogP contribution in [0.3, 0.4) is 0 Å². The maximum Gasteiger partial charge on any atom is 0.312 e. The summed E-state index contributed by atoms with van der Waals surface area (Å²) in [6, 6.07) is 14.2. The normalized spacial score (nSPS) is 14.3. The fourth-order valence-corrected chi connectivity index (χ4v) is 3.32. The average molecular weight is 409 g/mol. The van der Waals surface area contributed by atoms with Gasteiger partial charge in [0.25, 0.3) is 5.91 Å². The van der Waals surface area contributed by atoms with Crippen molar-refractivity contribution in [2.75, 3.05) is 25.0 Å². The van der Waals surface area contributed by atoms with Gasteiger partial charge >= 0.3 is 11.8 Å². The highest BCUT2D eigenvalue weighted by molar-refractivity contribution is 6.35. The summed E-state index contributed by atoms with van der Waals surface area (Å²) in [5.74, 6) is -0.403. The fraction of sp³-hybridized carbons (Fsp3) is 0.348. The largest absolute Gasteiger partial charge is 0.494 e. The molecule has 0 saturated carbocycles. The summed E-state index contributed by atoms with van der Waals surface area (Å²) in [7, 11) is 0. The first kappa shape index (κ1) is 21.4. The van der Waals surface area contributed by atoms with E-state index in [1.165, 1.54) is 0 Å². The molecule has 3 rings (SSSR count). The zero-order valence-corrected chi connectivity index (χ0v) is 17.6. The molecule has 1 N–H and O–H groups in total. The van der Waals surface area contributed by atoms with Crippen LogP contribution >= 0.6 is 0 Å².